The van der Waals surface area contributed by atoms with Crippen LogP contribution in [-0.2, 0) is 0 Å². The molecule has 21 heavy (non-hydrogen) atoms. The second-order valence-corrected chi connectivity index (χ2v) is 4.94. The minimum absolute atomic E-state index is 0.492. The van der Waals surface area contributed by atoms with Crippen LogP contribution in [0, 0.1) is 6.92 Å². The third kappa shape index (κ3) is 1.99. The van der Waals surface area contributed by atoms with Gasteiger partial charge in [-0.05, 0) is 24.6 Å². The van der Waals surface area contributed by atoms with Gasteiger partial charge in [0.05, 0.1) is 17.3 Å². The van der Waals surface area contributed by atoms with Crippen LogP contribution in [0.5, 0.6) is 0 Å². The van der Waals surface area contributed by atoms with Crippen LogP contribution in [0.15, 0.2) is 53.2 Å². The molecule has 2 aromatic carbocycles. The average molecular weight is 276 g/mol. The molecule has 2 heterocycles. The highest BCUT2D eigenvalue weighted by Gasteiger charge is 2.14. The Morgan fingerprint density at radius 3 is 2.81 bits per heavy atom. The van der Waals surface area contributed by atoms with E-state index in [4.69, 9.17) is 4.52 Å². The lowest BCUT2D eigenvalue weighted by Crippen LogP contribution is -1.84. The number of benzene rings is 2. The molecule has 0 spiro atoms. The summed E-state index contributed by atoms with van der Waals surface area (Å²) >= 11 is 0. The zero-order valence-electron chi connectivity index (χ0n) is 11.4. The van der Waals surface area contributed by atoms with Crippen molar-refractivity contribution < 1.29 is 4.52 Å². The quantitative estimate of drug-likeness (QED) is 0.607. The molecule has 5 nitrogen and oxygen atoms in total. The van der Waals surface area contributed by atoms with Crippen LogP contribution in [0.1, 0.15) is 5.56 Å². The van der Waals surface area contributed by atoms with E-state index in [1.54, 1.807) is 6.20 Å². The molecule has 0 radical (unpaired) electrons. The molecule has 0 fully saturated rings. The number of aromatic nitrogens is 4. The largest absolute Gasteiger partial charge is 0.334 e. The highest BCUT2D eigenvalue weighted by molar-refractivity contribution is 5.92. The molecule has 4 aromatic rings. The van der Waals surface area contributed by atoms with Gasteiger partial charge in [-0.3, -0.25) is 5.10 Å². The van der Waals surface area contributed by atoms with Gasteiger partial charge >= 0.3 is 0 Å². The number of H-pyrrole nitrogens is 1. The first kappa shape index (κ1) is 11.8. The molecule has 0 bridgehead atoms. The maximum atomic E-state index is 5.43. The van der Waals surface area contributed by atoms with Gasteiger partial charge in [0.15, 0.2) is 0 Å². The van der Waals surface area contributed by atoms with E-state index >= 15 is 0 Å². The molecule has 5 heteroatoms. The molecule has 0 atom stereocenters. The number of aromatic amines is 1. The van der Waals surface area contributed by atoms with Crippen molar-refractivity contribution in [1.82, 2.24) is 20.3 Å². The summed E-state index contributed by atoms with van der Waals surface area (Å²) in [5.41, 5.74) is 3.83. The van der Waals surface area contributed by atoms with E-state index in [0.717, 1.165) is 27.6 Å². The van der Waals surface area contributed by atoms with Crippen molar-refractivity contribution in [3.05, 3.63) is 54.2 Å². The first-order valence-corrected chi connectivity index (χ1v) is 6.64. The summed E-state index contributed by atoms with van der Waals surface area (Å²) in [5, 5.41) is 12.2. The predicted molar refractivity (Wildman–Crippen MR) is 79.6 cm³/mol. The third-order valence-electron chi connectivity index (χ3n) is 3.38. The number of hydrogen-bond donors (Lipinski definition) is 1. The van der Waals surface area contributed by atoms with Crippen molar-refractivity contribution in [2.75, 3.05) is 0 Å². The number of fused-ring (bicyclic) bond motifs is 1. The minimum atomic E-state index is 0.492. The Bertz CT molecular complexity index is 908. The van der Waals surface area contributed by atoms with Crippen LogP contribution in [0.25, 0.3) is 33.7 Å². The molecular formula is C16H12N4O. The molecule has 0 aliphatic carbocycles. The van der Waals surface area contributed by atoms with E-state index in [-0.39, 0.29) is 0 Å². The molecule has 4 rings (SSSR count). The third-order valence-corrected chi connectivity index (χ3v) is 3.38. The lowest BCUT2D eigenvalue weighted by atomic mass is 10.1. The lowest BCUT2D eigenvalue weighted by Gasteiger charge is -1.99. The predicted octanol–water partition coefficient (Wildman–Crippen LogP) is 3.59. The summed E-state index contributed by atoms with van der Waals surface area (Å²) in [5.74, 6) is 1.08. The SMILES string of the molecule is Cc1cc(-c2nc(-c3ccccc3)no2)c2[nH]ncc2c1. The van der Waals surface area contributed by atoms with Crippen LogP contribution >= 0.6 is 0 Å². The molecule has 102 valence electrons. The Hall–Kier alpha value is -2.95. The molecule has 0 unspecified atom stereocenters. The van der Waals surface area contributed by atoms with E-state index in [9.17, 15) is 0 Å². The van der Waals surface area contributed by atoms with Gasteiger partial charge in [0.25, 0.3) is 5.89 Å². The average Bonchev–Trinajstić information content (AvgIpc) is 3.16. The molecule has 0 saturated carbocycles. The van der Waals surface area contributed by atoms with Crippen molar-refractivity contribution in [3.8, 4) is 22.8 Å². The summed E-state index contributed by atoms with van der Waals surface area (Å²) in [6.45, 7) is 2.03. The number of nitrogens with one attached hydrogen (secondary N) is 1. The lowest BCUT2D eigenvalue weighted by molar-refractivity contribution is 0.432. The van der Waals surface area contributed by atoms with Gasteiger partial charge in [-0.15, -0.1) is 0 Å². The van der Waals surface area contributed by atoms with E-state index in [2.05, 4.69) is 26.4 Å². The van der Waals surface area contributed by atoms with Crippen molar-refractivity contribution in [2.45, 2.75) is 6.92 Å². The smallest absolute Gasteiger partial charge is 0.260 e. The van der Waals surface area contributed by atoms with Crippen molar-refractivity contribution >= 4 is 10.9 Å². The Kier molecular flexibility index (Phi) is 2.57. The van der Waals surface area contributed by atoms with Gasteiger partial charge in [-0.2, -0.15) is 10.1 Å². The fourth-order valence-corrected chi connectivity index (χ4v) is 2.41. The van der Waals surface area contributed by atoms with Crippen LogP contribution < -0.4 is 0 Å². The molecule has 1 N–H and O–H groups in total. The topological polar surface area (TPSA) is 67.6 Å². The molecule has 0 amide bonds. The minimum Gasteiger partial charge on any atom is -0.334 e. The van der Waals surface area contributed by atoms with Crippen molar-refractivity contribution in [1.29, 1.82) is 0 Å². The summed E-state index contributed by atoms with van der Waals surface area (Å²) in [4.78, 5) is 4.50. The fraction of sp³-hybridized carbons (Fsp3) is 0.0625. The van der Waals surface area contributed by atoms with Gasteiger partial charge in [0.2, 0.25) is 5.82 Å². The first-order valence-electron chi connectivity index (χ1n) is 6.64. The normalized spacial score (nSPS) is 11.1. The van der Waals surface area contributed by atoms with E-state index < -0.39 is 0 Å². The zero-order valence-corrected chi connectivity index (χ0v) is 11.4. The Morgan fingerprint density at radius 1 is 1.10 bits per heavy atom. The second-order valence-electron chi connectivity index (χ2n) is 4.94. The Balaban J connectivity index is 1.87. The maximum absolute atomic E-state index is 5.43. The highest BCUT2D eigenvalue weighted by atomic mass is 16.5. The summed E-state index contributed by atoms with van der Waals surface area (Å²) in [6, 6.07) is 13.8. The van der Waals surface area contributed by atoms with Crippen LogP contribution in [0.2, 0.25) is 0 Å². The van der Waals surface area contributed by atoms with E-state index in [1.165, 1.54) is 0 Å². The number of rotatable bonds is 2. The van der Waals surface area contributed by atoms with Crippen LogP contribution in [-0.4, -0.2) is 20.3 Å². The van der Waals surface area contributed by atoms with Crippen molar-refractivity contribution in [3.63, 3.8) is 0 Å². The van der Waals surface area contributed by atoms with Crippen molar-refractivity contribution in [2.24, 2.45) is 0 Å². The van der Waals surface area contributed by atoms with Crippen LogP contribution in [0.4, 0.5) is 0 Å². The van der Waals surface area contributed by atoms with Gasteiger partial charge in [-0.1, -0.05) is 35.5 Å². The standard InChI is InChI=1S/C16H12N4O/c1-10-7-12-9-17-19-14(12)13(8-10)16-18-15(20-21-16)11-5-3-2-4-6-11/h2-9H,1H3,(H,17,19). The summed E-state index contributed by atoms with van der Waals surface area (Å²) in [6.07, 6.45) is 1.79. The molecule has 0 aliphatic rings. The van der Waals surface area contributed by atoms with Gasteiger partial charge in [-0.25, -0.2) is 0 Å². The highest BCUT2D eigenvalue weighted by Crippen LogP contribution is 2.28. The second kappa shape index (κ2) is 4.56. The summed E-state index contributed by atoms with van der Waals surface area (Å²) < 4.78 is 5.43. The Labute approximate surface area is 120 Å². The van der Waals surface area contributed by atoms with Crippen LogP contribution in [0.3, 0.4) is 0 Å². The number of aryl methyl sites for hydroxylation is 1. The Morgan fingerprint density at radius 2 is 1.95 bits per heavy atom. The van der Waals surface area contributed by atoms with Gasteiger partial charge in [0.1, 0.15) is 0 Å². The number of hydrogen-bond acceptors (Lipinski definition) is 4. The molecular weight excluding hydrogens is 264 g/mol. The van der Waals surface area contributed by atoms with Gasteiger partial charge in [0, 0.05) is 10.9 Å². The monoisotopic (exact) mass is 276 g/mol. The van der Waals surface area contributed by atoms with E-state index in [1.807, 2.05) is 43.3 Å². The molecule has 0 saturated heterocycles. The fourth-order valence-electron chi connectivity index (χ4n) is 2.41. The number of nitrogens with zero attached hydrogens (tertiary/aromatic N) is 3. The summed E-state index contributed by atoms with van der Waals surface area (Å²) in [7, 11) is 0. The van der Waals surface area contributed by atoms with Gasteiger partial charge < -0.3 is 4.52 Å². The molecule has 0 aliphatic heterocycles. The first-order chi connectivity index (χ1) is 10.3. The maximum Gasteiger partial charge on any atom is 0.260 e. The van der Waals surface area contributed by atoms with E-state index in [0.29, 0.717) is 11.7 Å². The zero-order chi connectivity index (χ0) is 14.2. The molecule has 2 aromatic heterocycles.